The van der Waals surface area contributed by atoms with E-state index in [-0.39, 0.29) is 18.5 Å². The second-order valence-corrected chi connectivity index (χ2v) is 5.71. The van der Waals surface area contributed by atoms with Gasteiger partial charge in [-0.25, -0.2) is 0 Å². The van der Waals surface area contributed by atoms with E-state index in [0.717, 1.165) is 26.2 Å². The molecular formula is C21H30ClNO2. The van der Waals surface area contributed by atoms with Crippen molar-refractivity contribution in [3.05, 3.63) is 71.8 Å². The highest BCUT2D eigenvalue weighted by Crippen LogP contribution is 2.25. The molecule has 2 aromatic carbocycles. The number of rotatable bonds is 11. The van der Waals surface area contributed by atoms with Gasteiger partial charge in [0.15, 0.2) is 0 Å². The van der Waals surface area contributed by atoms with E-state index >= 15 is 0 Å². The summed E-state index contributed by atoms with van der Waals surface area (Å²) < 4.78 is 11.9. The van der Waals surface area contributed by atoms with Crippen molar-refractivity contribution in [2.45, 2.75) is 20.0 Å². The smallest absolute Gasteiger partial charge is 0.108 e. The number of likely N-dealkylation sites (N-methyl/N-ethyl adjacent to an activating group) is 1. The molecule has 0 radical (unpaired) electrons. The molecule has 0 aliphatic carbocycles. The van der Waals surface area contributed by atoms with E-state index in [4.69, 9.17) is 9.47 Å². The Hall–Kier alpha value is -1.39. The zero-order valence-electron chi connectivity index (χ0n) is 15.3. The Balaban J connectivity index is 0.00000312. The van der Waals surface area contributed by atoms with E-state index < -0.39 is 0 Å². The third kappa shape index (κ3) is 7.57. The van der Waals surface area contributed by atoms with Gasteiger partial charge in [0.2, 0.25) is 0 Å². The van der Waals surface area contributed by atoms with Crippen molar-refractivity contribution in [1.29, 1.82) is 0 Å². The number of nitrogens with zero attached hydrogens (tertiary/aromatic N) is 1. The number of benzene rings is 2. The normalized spacial score (nSPS) is 10.9. The first-order valence-electron chi connectivity index (χ1n) is 8.86. The minimum Gasteiger partial charge on any atom is -0.378 e. The molecule has 0 saturated carbocycles. The Morgan fingerprint density at radius 2 is 1.28 bits per heavy atom. The molecule has 2 aromatic rings. The average molecular weight is 364 g/mol. The summed E-state index contributed by atoms with van der Waals surface area (Å²) in [4.78, 5) is 2.36. The van der Waals surface area contributed by atoms with Crippen molar-refractivity contribution in [3.8, 4) is 0 Å². The van der Waals surface area contributed by atoms with Crippen LogP contribution in [-0.4, -0.2) is 44.4 Å². The standard InChI is InChI=1S/C21H29NO2.ClH/c1-3-22(4-2)15-16-23-17-18-24-21(19-11-7-5-8-12-19)20-13-9-6-10-14-20;/h5-14,21H,3-4,15-18H2,1-2H3;1H. The predicted octanol–water partition coefficient (Wildman–Crippen LogP) is 4.57. The zero-order valence-corrected chi connectivity index (χ0v) is 16.1. The second kappa shape index (κ2) is 12.9. The van der Waals surface area contributed by atoms with Crippen LogP contribution in [0.4, 0.5) is 0 Å². The highest BCUT2D eigenvalue weighted by Gasteiger charge is 2.13. The van der Waals surface area contributed by atoms with Crippen molar-refractivity contribution < 1.29 is 9.47 Å². The van der Waals surface area contributed by atoms with E-state index in [1.807, 2.05) is 12.1 Å². The molecule has 0 spiro atoms. The lowest BCUT2D eigenvalue weighted by atomic mass is 10.0. The summed E-state index contributed by atoms with van der Waals surface area (Å²) >= 11 is 0. The van der Waals surface area contributed by atoms with E-state index in [1.165, 1.54) is 11.1 Å². The summed E-state index contributed by atoms with van der Waals surface area (Å²) in [6, 6.07) is 20.7. The van der Waals surface area contributed by atoms with Crippen LogP contribution in [0.15, 0.2) is 60.7 Å². The summed E-state index contributed by atoms with van der Waals surface area (Å²) in [5.74, 6) is 0. The summed E-state index contributed by atoms with van der Waals surface area (Å²) in [5, 5.41) is 0. The van der Waals surface area contributed by atoms with Gasteiger partial charge in [0.25, 0.3) is 0 Å². The maximum atomic E-state index is 6.14. The monoisotopic (exact) mass is 363 g/mol. The fraction of sp³-hybridized carbons (Fsp3) is 0.429. The van der Waals surface area contributed by atoms with E-state index in [9.17, 15) is 0 Å². The van der Waals surface area contributed by atoms with Gasteiger partial charge in [-0.2, -0.15) is 0 Å². The van der Waals surface area contributed by atoms with Crippen LogP contribution in [0.1, 0.15) is 31.1 Å². The molecular weight excluding hydrogens is 334 g/mol. The van der Waals surface area contributed by atoms with E-state index in [0.29, 0.717) is 13.2 Å². The van der Waals surface area contributed by atoms with Crippen LogP contribution in [0.5, 0.6) is 0 Å². The van der Waals surface area contributed by atoms with Gasteiger partial charge in [-0.15, -0.1) is 12.4 Å². The Bertz CT molecular complexity index is 507. The van der Waals surface area contributed by atoms with Crippen molar-refractivity contribution in [1.82, 2.24) is 4.90 Å². The topological polar surface area (TPSA) is 21.7 Å². The Kier molecular flexibility index (Phi) is 11.2. The van der Waals surface area contributed by atoms with Gasteiger partial charge < -0.3 is 14.4 Å². The predicted molar refractivity (Wildman–Crippen MR) is 107 cm³/mol. The Morgan fingerprint density at radius 1 is 0.760 bits per heavy atom. The van der Waals surface area contributed by atoms with Crippen LogP contribution in [-0.2, 0) is 9.47 Å². The molecule has 0 atom stereocenters. The van der Waals surface area contributed by atoms with Gasteiger partial charge in [-0.05, 0) is 24.2 Å². The maximum absolute atomic E-state index is 6.14. The lowest BCUT2D eigenvalue weighted by Gasteiger charge is -2.20. The molecule has 0 bridgehead atoms. The average Bonchev–Trinajstić information content (AvgIpc) is 2.66. The molecule has 0 aliphatic heterocycles. The molecule has 0 aromatic heterocycles. The van der Waals surface area contributed by atoms with Crippen LogP contribution in [0.3, 0.4) is 0 Å². The maximum Gasteiger partial charge on any atom is 0.108 e. The SMILES string of the molecule is CCN(CC)CCOCCOC(c1ccccc1)c1ccccc1.Cl. The van der Waals surface area contributed by atoms with Gasteiger partial charge in [0.05, 0.1) is 19.8 Å². The molecule has 0 aliphatic rings. The summed E-state index contributed by atoms with van der Waals surface area (Å²) in [7, 11) is 0. The molecule has 2 rings (SSSR count). The number of ether oxygens (including phenoxy) is 2. The van der Waals surface area contributed by atoms with E-state index in [2.05, 4.69) is 67.3 Å². The molecule has 3 nitrogen and oxygen atoms in total. The van der Waals surface area contributed by atoms with Gasteiger partial charge in [0.1, 0.15) is 6.10 Å². The third-order valence-corrected chi connectivity index (χ3v) is 4.16. The van der Waals surface area contributed by atoms with Gasteiger partial charge >= 0.3 is 0 Å². The van der Waals surface area contributed by atoms with E-state index in [1.54, 1.807) is 0 Å². The lowest BCUT2D eigenvalue weighted by Crippen LogP contribution is -2.27. The van der Waals surface area contributed by atoms with Crippen molar-refractivity contribution in [3.63, 3.8) is 0 Å². The number of halogens is 1. The number of hydrogen-bond acceptors (Lipinski definition) is 3. The minimum absolute atomic E-state index is 0. The van der Waals surface area contributed by atoms with Gasteiger partial charge in [0, 0.05) is 6.54 Å². The molecule has 0 N–H and O–H groups in total. The first-order valence-corrected chi connectivity index (χ1v) is 8.86. The number of hydrogen-bond donors (Lipinski definition) is 0. The Labute approximate surface area is 158 Å². The lowest BCUT2D eigenvalue weighted by molar-refractivity contribution is 0.0148. The molecule has 138 valence electrons. The first kappa shape index (κ1) is 21.7. The second-order valence-electron chi connectivity index (χ2n) is 5.71. The van der Waals surface area contributed by atoms with Crippen LogP contribution in [0.25, 0.3) is 0 Å². The van der Waals surface area contributed by atoms with Crippen molar-refractivity contribution in [2.24, 2.45) is 0 Å². The first-order chi connectivity index (χ1) is 11.8. The molecule has 25 heavy (non-hydrogen) atoms. The highest BCUT2D eigenvalue weighted by molar-refractivity contribution is 5.85. The molecule has 0 amide bonds. The van der Waals surface area contributed by atoms with Crippen LogP contribution >= 0.6 is 12.4 Å². The largest absolute Gasteiger partial charge is 0.378 e. The molecule has 0 unspecified atom stereocenters. The molecule has 0 fully saturated rings. The highest BCUT2D eigenvalue weighted by atomic mass is 35.5. The van der Waals surface area contributed by atoms with Gasteiger partial charge in [-0.3, -0.25) is 0 Å². The van der Waals surface area contributed by atoms with Crippen LogP contribution in [0, 0.1) is 0 Å². The summed E-state index contributed by atoms with van der Waals surface area (Å²) in [6.07, 6.45) is -0.0428. The zero-order chi connectivity index (χ0) is 17.0. The van der Waals surface area contributed by atoms with Crippen molar-refractivity contribution >= 4 is 12.4 Å². The fourth-order valence-corrected chi connectivity index (χ4v) is 2.70. The summed E-state index contributed by atoms with van der Waals surface area (Å²) in [6.45, 7) is 9.44. The quantitative estimate of drug-likeness (QED) is 0.546. The van der Waals surface area contributed by atoms with Gasteiger partial charge in [-0.1, -0.05) is 74.5 Å². The summed E-state index contributed by atoms with van der Waals surface area (Å²) in [5.41, 5.74) is 2.35. The third-order valence-electron chi connectivity index (χ3n) is 4.16. The van der Waals surface area contributed by atoms with Crippen molar-refractivity contribution in [2.75, 3.05) is 39.5 Å². The molecule has 0 saturated heterocycles. The Morgan fingerprint density at radius 3 is 1.76 bits per heavy atom. The minimum atomic E-state index is -0.0428. The van der Waals surface area contributed by atoms with Crippen LogP contribution in [0.2, 0.25) is 0 Å². The molecule has 0 heterocycles. The van der Waals surface area contributed by atoms with Crippen LogP contribution < -0.4 is 0 Å². The molecule has 4 heteroatoms. The fourth-order valence-electron chi connectivity index (χ4n) is 2.70.